The van der Waals surface area contributed by atoms with Gasteiger partial charge in [0.05, 0.1) is 19.0 Å². The Balaban J connectivity index is 1.48. The molecule has 1 aromatic heterocycles. The van der Waals surface area contributed by atoms with E-state index in [1.165, 1.54) is 31.2 Å². The van der Waals surface area contributed by atoms with Crippen LogP contribution in [0, 0.1) is 0 Å². The third-order valence-electron chi connectivity index (χ3n) is 5.91. The van der Waals surface area contributed by atoms with E-state index in [1.807, 2.05) is 0 Å². The fourth-order valence-corrected chi connectivity index (χ4v) is 4.53. The standard InChI is InChI=1S/C21H29N5O/c22-19(27)13-20-23-21(26(24-20)18-9-5-2-6-10-18)15-25-12-11-17(14-25)16-7-3-1-4-8-16/h1,3-4,7-8,17-18H,2,5-6,9-15H2,(H2,22,27)/t17-/m0/s1. The van der Waals surface area contributed by atoms with E-state index in [4.69, 9.17) is 10.7 Å². The molecule has 1 aliphatic heterocycles. The number of hydrogen-bond donors (Lipinski definition) is 1. The van der Waals surface area contributed by atoms with Gasteiger partial charge in [-0.05, 0) is 37.3 Å². The molecule has 1 atom stereocenters. The van der Waals surface area contributed by atoms with Crippen LogP contribution >= 0.6 is 0 Å². The molecule has 6 nitrogen and oxygen atoms in total. The number of nitrogens with zero attached hydrogens (tertiary/aromatic N) is 4. The van der Waals surface area contributed by atoms with Crippen molar-refractivity contribution >= 4 is 5.91 Å². The monoisotopic (exact) mass is 367 g/mol. The van der Waals surface area contributed by atoms with Gasteiger partial charge >= 0.3 is 0 Å². The summed E-state index contributed by atoms with van der Waals surface area (Å²) < 4.78 is 2.10. The molecule has 0 spiro atoms. The highest BCUT2D eigenvalue weighted by atomic mass is 16.1. The van der Waals surface area contributed by atoms with Crippen molar-refractivity contribution in [1.82, 2.24) is 19.7 Å². The molecular weight excluding hydrogens is 338 g/mol. The van der Waals surface area contributed by atoms with E-state index in [0.29, 0.717) is 17.8 Å². The summed E-state index contributed by atoms with van der Waals surface area (Å²) in [5.74, 6) is 1.78. The van der Waals surface area contributed by atoms with E-state index in [9.17, 15) is 4.79 Å². The minimum atomic E-state index is -0.368. The van der Waals surface area contributed by atoms with Gasteiger partial charge in [0.15, 0.2) is 5.82 Å². The molecule has 0 bridgehead atoms. The molecule has 2 heterocycles. The Morgan fingerprint density at radius 2 is 1.89 bits per heavy atom. The Morgan fingerprint density at radius 3 is 2.63 bits per heavy atom. The van der Waals surface area contributed by atoms with Gasteiger partial charge in [0.2, 0.25) is 5.91 Å². The van der Waals surface area contributed by atoms with E-state index in [0.717, 1.165) is 38.3 Å². The second-order valence-corrected chi connectivity index (χ2v) is 7.96. The molecule has 2 aliphatic rings. The molecule has 1 amide bonds. The number of primary amides is 1. The van der Waals surface area contributed by atoms with Gasteiger partial charge in [0.25, 0.3) is 0 Å². The highest BCUT2D eigenvalue weighted by Gasteiger charge is 2.27. The van der Waals surface area contributed by atoms with Crippen LogP contribution in [-0.2, 0) is 17.8 Å². The van der Waals surface area contributed by atoms with Crippen LogP contribution < -0.4 is 5.73 Å². The summed E-state index contributed by atoms with van der Waals surface area (Å²) in [4.78, 5) is 18.5. The lowest BCUT2D eigenvalue weighted by atomic mass is 9.95. The average Bonchev–Trinajstić information content (AvgIpc) is 3.30. The molecule has 6 heteroatoms. The van der Waals surface area contributed by atoms with Gasteiger partial charge in [-0.25, -0.2) is 9.67 Å². The number of nitrogens with two attached hydrogens (primary N) is 1. The molecule has 144 valence electrons. The van der Waals surface area contributed by atoms with Crippen molar-refractivity contribution in [2.75, 3.05) is 13.1 Å². The molecule has 1 aromatic carbocycles. The Morgan fingerprint density at radius 1 is 1.11 bits per heavy atom. The summed E-state index contributed by atoms with van der Waals surface area (Å²) in [6.07, 6.45) is 7.40. The number of benzene rings is 1. The molecule has 4 rings (SSSR count). The third-order valence-corrected chi connectivity index (χ3v) is 5.91. The predicted octanol–water partition coefficient (Wildman–Crippen LogP) is 2.80. The first kappa shape index (κ1) is 18.2. The fraction of sp³-hybridized carbons (Fsp3) is 0.571. The zero-order valence-electron chi connectivity index (χ0n) is 15.9. The van der Waals surface area contributed by atoms with Crippen molar-refractivity contribution in [3.05, 3.63) is 47.5 Å². The highest BCUT2D eigenvalue weighted by molar-refractivity contribution is 5.75. The number of carbonyl (C=O) groups is 1. The van der Waals surface area contributed by atoms with Crippen molar-refractivity contribution in [2.24, 2.45) is 5.73 Å². The zero-order valence-corrected chi connectivity index (χ0v) is 15.9. The van der Waals surface area contributed by atoms with Gasteiger partial charge in [0.1, 0.15) is 5.82 Å². The number of hydrogen-bond acceptors (Lipinski definition) is 4. The second kappa shape index (κ2) is 8.21. The maximum absolute atomic E-state index is 11.3. The van der Waals surface area contributed by atoms with E-state index < -0.39 is 0 Å². The molecule has 2 N–H and O–H groups in total. The SMILES string of the molecule is NC(=O)Cc1nc(CN2CC[C@H](c3ccccc3)C2)n(C2CCCCC2)n1. The normalized spacial score (nSPS) is 21.6. The zero-order chi connectivity index (χ0) is 18.6. The van der Waals surface area contributed by atoms with Crippen LogP contribution in [0.5, 0.6) is 0 Å². The Hall–Kier alpha value is -2.21. The highest BCUT2D eigenvalue weighted by Crippen LogP contribution is 2.31. The smallest absolute Gasteiger partial charge is 0.225 e. The maximum Gasteiger partial charge on any atom is 0.225 e. The predicted molar refractivity (Wildman–Crippen MR) is 104 cm³/mol. The molecular formula is C21H29N5O. The van der Waals surface area contributed by atoms with Crippen LogP contribution in [0.4, 0.5) is 0 Å². The summed E-state index contributed by atoms with van der Waals surface area (Å²) in [6.45, 7) is 2.92. The summed E-state index contributed by atoms with van der Waals surface area (Å²) >= 11 is 0. The largest absolute Gasteiger partial charge is 0.369 e. The molecule has 27 heavy (non-hydrogen) atoms. The van der Waals surface area contributed by atoms with Crippen LogP contribution in [0.3, 0.4) is 0 Å². The Kier molecular flexibility index (Phi) is 5.53. The van der Waals surface area contributed by atoms with Crippen molar-refractivity contribution in [2.45, 2.75) is 63.5 Å². The molecule has 1 saturated heterocycles. The van der Waals surface area contributed by atoms with Crippen molar-refractivity contribution in [1.29, 1.82) is 0 Å². The van der Waals surface area contributed by atoms with Gasteiger partial charge in [-0.2, -0.15) is 5.10 Å². The third kappa shape index (κ3) is 4.38. The van der Waals surface area contributed by atoms with E-state index in [1.54, 1.807) is 0 Å². The topological polar surface area (TPSA) is 77.0 Å². The first-order chi connectivity index (χ1) is 13.2. The lowest BCUT2D eigenvalue weighted by Gasteiger charge is -2.24. The van der Waals surface area contributed by atoms with Crippen molar-refractivity contribution in [3.63, 3.8) is 0 Å². The number of likely N-dealkylation sites (tertiary alicyclic amines) is 1. The Bertz CT molecular complexity index is 766. The summed E-state index contributed by atoms with van der Waals surface area (Å²) in [6, 6.07) is 11.2. The molecule has 1 aliphatic carbocycles. The Labute approximate surface area is 160 Å². The molecule has 2 fully saturated rings. The van der Waals surface area contributed by atoms with Crippen LogP contribution in [0.1, 0.15) is 67.7 Å². The van der Waals surface area contributed by atoms with Crippen molar-refractivity contribution < 1.29 is 4.79 Å². The van der Waals surface area contributed by atoms with Gasteiger partial charge in [-0.15, -0.1) is 0 Å². The molecule has 1 saturated carbocycles. The molecule has 2 aromatic rings. The van der Waals surface area contributed by atoms with Crippen LogP contribution in [0.15, 0.2) is 30.3 Å². The number of amides is 1. The fourth-order valence-electron chi connectivity index (χ4n) is 4.53. The van der Waals surface area contributed by atoms with E-state index in [-0.39, 0.29) is 12.3 Å². The number of aromatic nitrogens is 3. The number of carbonyl (C=O) groups excluding carboxylic acids is 1. The number of rotatable bonds is 6. The minimum Gasteiger partial charge on any atom is -0.369 e. The second-order valence-electron chi connectivity index (χ2n) is 7.96. The minimum absolute atomic E-state index is 0.124. The quantitative estimate of drug-likeness (QED) is 0.852. The summed E-state index contributed by atoms with van der Waals surface area (Å²) in [7, 11) is 0. The van der Waals surface area contributed by atoms with Crippen molar-refractivity contribution in [3.8, 4) is 0 Å². The lowest BCUT2D eigenvalue weighted by Crippen LogP contribution is -2.25. The molecule has 0 radical (unpaired) electrons. The summed E-state index contributed by atoms with van der Waals surface area (Å²) in [5.41, 5.74) is 6.79. The molecule has 0 unspecified atom stereocenters. The van der Waals surface area contributed by atoms with E-state index in [2.05, 4.69) is 45.0 Å². The summed E-state index contributed by atoms with van der Waals surface area (Å²) in [5, 5.41) is 4.67. The van der Waals surface area contributed by atoms with Gasteiger partial charge in [0, 0.05) is 6.54 Å². The van der Waals surface area contributed by atoms with Crippen LogP contribution in [-0.4, -0.2) is 38.7 Å². The van der Waals surface area contributed by atoms with Crippen LogP contribution in [0.25, 0.3) is 0 Å². The van der Waals surface area contributed by atoms with Crippen LogP contribution in [0.2, 0.25) is 0 Å². The first-order valence-electron chi connectivity index (χ1n) is 10.2. The maximum atomic E-state index is 11.3. The van der Waals surface area contributed by atoms with E-state index >= 15 is 0 Å². The first-order valence-corrected chi connectivity index (χ1v) is 10.2. The lowest BCUT2D eigenvalue weighted by molar-refractivity contribution is -0.117. The average molecular weight is 367 g/mol. The van der Waals surface area contributed by atoms with Gasteiger partial charge < -0.3 is 5.73 Å². The van der Waals surface area contributed by atoms with Gasteiger partial charge in [-0.1, -0.05) is 49.6 Å². The van der Waals surface area contributed by atoms with Gasteiger partial charge in [-0.3, -0.25) is 9.69 Å².